The number of aromatic amines is 1. The third-order valence-corrected chi connectivity index (χ3v) is 5.10. The molecule has 0 aliphatic carbocycles. The molecule has 8 nitrogen and oxygen atoms in total. The highest BCUT2D eigenvalue weighted by atomic mass is 16.4. The van der Waals surface area contributed by atoms with E-state index in [0.717, 1.165) is 29.2 Å². The van der Waals surface area contributed by atoms with Crippen molar-refractivity contribution in [1.82, 2.24) is 19.1 Å². The fourth-order valence-electron chi connectivity index (χ4n) is 3.56. The number of rotatable bonds is 7. The maximum absolute atomic E-state index is 13.2. The van der Waals surface area contributed by atoms with Crippen LogP contribution in [-0.2, 0) is 17.9 Å². The molecular weight excluding hydrogens is 408 g/mol. The number of carboxylic acids is 1. The summed E-state index contributed by atoms with van der Waals surface area (Å²) in [7, 11) is 0. The van der Waals surface area contributed by atoms with Gasteiger partial charge in [-0.3, -0.25) is 13.9 Å². The van der Waals surface area contributed by atoms with Gasteiger partial charge in [0.1, 0.15) is 11.5 Å². The van der Waals surface area contributed by atoms with Gasteiger partial charge in [0.2, 0.25) is 0 Å². The first-order chi connectivity index (χ1) is 15.5. The lowest BCUT2D eigenvalue weighted by Crippen LogP contribution is -2.40. The average Bonchev–Trinajstić information content (AvgIpc) is 3.25. The van der Waals surface area contributed by atoms with Crippen LogP contribution in [0.4, 0.5) is 0 Å². The predicted octanol–water partition coefficient (Wildman–Crippen LogP) is 3.11. The summed E-state index contributed by atoms with van der Waals surface area (Å²) in [4.78, 5) is 44.6. The second-order valence-corrected chi connectivity index (χ2v) is 7.39. The Morgan fingerprint density at radius 2 is 1.78 bits per heavy atom. The highest BCUT2D eigenvalue weighted by molar-refractivity contribution is 5.85. The highest BCUT2D eigenvalue weighted by Gasteiger charge is 2.18. The van der Waals surface area contributed by atoms with Gasteiger partial charge in [-0.2, -0.15) is 0 Å². The molecule has 4 aromatic rings. The van der Waals surface area contributed by atoms with Gasteiger partial charge < -0.3 is 10.1 Å². The first-order valence-electron chi connectivity index (χ1n) is 10.3. The van der Waals surface area contributed by atoms with E-state index in [1.807, 2.05) is 37.3 Å². The first-order valence-corrected chi connectivity index (χ1v) is 10.3. The Balaban J connectivity index is 1.81. The summed E-state index contributed by atoms with van der Waals surface area (Å²) in [5, 5.41) is 8.76. The molecule has 2 heterocycles. The smallest absolute Gasteiger partial charge is 0.333 e. The number of fused-ring (bicyclic) bond motifs is 1. The van der Waals surface area contributed by atoms with Gasteiger partial charge in [0.25, 0.3) is 5.56 Å². The SMILES string of the molecule is CCCn1c(=O)n(Cc2ccccc2)c(=O)c2nc(-c3ccc(/C=C/C(=O)O)cc3)[nH]c21. The van der Waals surface area contributed by atoms with Crippen molar-refractivity contribution in [3.63, 3.8) is 0 Å². The summed E-state index contributed by atoms with van der Waals surface area (Å²) in [5.41, 5.74) is 2.09. The van der Waals surface area contributed by atoms with E-state index in [4.69, 9.17) is 5.11 Å². The molecule has 0 aliphatic heterocycles. The molecule has 0 radical (unpaired) electrons. The van der Waals surface area contributed by atoms with Crippen molar-refractivity contribution in [1.29, 1.82) is 0 Å². The number of imidazole rings is 1. The average molecular weight is 430 g/mol. The summed E-state index contributed by atoms with van der Waals surface area (Å²) < 4.78 is 2.78. The fraction of sp³-hybridized carbons (Fsp3) is 0.167. The molecular formula is C24H22N4O4. The molecule has 0 atom stereocenters. The van der Waals surface area contributed by atoms with Gasteiger partial charge in [0.05, 0.1) is 6.54 Å². The van der Waals surface area contributed by atoms with Crippen LogP contribution in [0.25, 0.3) is 28.6 Å². The Hall–Kier alpha value is -4.20. The van der Waals surface area contributed by atoms with Gasteiger partial charge in [-0.15, -0.1) is 0 Å². The van der Waals surface area contributed by atoms with Crippen molar-refractivity contribution >= 4 is 23.2 Å². The minimum absolute atomic E-state index is 0.172. The van der Waals surface area contributed by atoms with Gasteiger partial charge in [-0.05, 0) is 23.6 Å². The molecule has 0 unspecified atom stereocenters. The van der Waals surface area contributed by atoms with Crippen molar-refractivity contribution in [2.24, 2.45) is 0 Å². The van der Waals surface area contributed by atoms with Gasteiger partial charge in [-0.1, -0.05) is 61.5 Å². The number of nitrogens with one attached hydrogen (secondary N) is 1. The standard InChI is InChI=1S/C24H22N4O4/c1-2-14-27-22-20(23(31)28(24(27)32)15-17-6-4-3-5-7-17)25-21(26-22)18-11-8-16(9-12-18)10-13-19(29)30/h3-13H,2,14-15H2,1H3,(H,25,26)(H,29,30)/b13-10+. The van der Waals surface area contributed by atoms with Gasteiger partial charge in [0.15, 0.2) is 5.52 Å². The van der Waals surface area contributed by atoms with E-state index in [1.54, 1.807) is 28.8 Å². The molecule has 32 heavy (non-hydrogen) atoms. The molecule has 0 aliphatic rings. The number of nitrogens with zero attached hydrogens (tertiary/aromatic N) is 3. The first kappa shape index (κ1) is 21.0. The molecule has 0 saturated carbocycles. The number of carboxylic acid groups (broad SMARTS) is 1. The molecule has 2 aromatic carbocycles. The van der Waals surface area contributed by atoms with Gasteiger partial charge in [0, 0.05) is 18.2 Å². The van der Waals surface area contributed by atoms with E-state index in [2.05, 4.69) is 9.97 Å². The maximum Gasteiger partial charge on any atom is 0.333 e. The number of hydrogen-bond donors (Lipinski definition) is 2. The van der Waals surface area contributed by atoms with Crippen LogP contribution in [0.2, 0.25) is 0 Å². The minimum Gasteiger partial charge on any atom is -0.478 e. The summed E-state index contributed by atoms with van der Waals surface area (Å²) >= 11 is 0. The van der Waals surface area contributed by atoms with Crippen LogP contribution in [-0.4, -0.2) is 30.2 Å². The van der Waals surface area contributed by atoms with Crippen LogP contribution in [0.3, 0.4) is 0 Å². The second-order valence-electron chi connectivity index (χ2n) is 7.39. The lowest BCUT2D eigenvalue weighted by molar-refractivity contribution is -0.131. The molecule has 2 aromatic heterocycles. The van der Waals surface area contributed by atoms with E-state index >= 15 is 0 Å². The Morgan fingerprint density at radius 1 is 1.06 bits per heavy atom. The predicted molar refractivity (Wildman–Crippen MR) is 123 cm³/mol. The van der Waals surface area contributed by atoms with Crippen molar-refractivity contribution in [2.75, 3.05) is 0 Å². The number of aryl methyl sites for hydroxylation is 1. The van der Waals surface area contributed by atoms with E-state index in [0.29, 0.717) is 18.0 Å². The summed E-state index contributed by atoms with van der Waals surface area (Å²) in [5.74, 6) is -0.556. The topological polar surface area (TPSA) is 110 Å². The quantitative estimate of drug-likeness (QED) is 0.438. The van der Waals surface area contributed by atoms with Crippen LogP contribution in [0, 0.1) is 0 Å². The zero-order chi connectivity index (χ0) is 22.7. The van der Waals surface area contributed by atoms with E-state index < -0.39 is 11.5 Å². The van der Waals surface area contributed by atoms with Crippen molar-refractivity contribution < 1.29 is 9.90 Å². The number of carbonyl (C=O) groups is 1. The van der Waals surface area contributed by atoms with Gasteiger partial charge >= 0.3 is 11.7 Å². The van der Waals surface area contributed by atoms with Crippen LogP contribution < -0.4 is 11.2 Å². The van der Waals surface area contributed by atoms with Crippen molar-refractivity contribution in [3.8, 4) is 11.4 Å². The number of H-pyrrole nitrogens is 1. The summed E-state index contributed by atoms with van der Waals surface area (Å²) in [6, 6.07) is 16.4. The van der Waals surface area contributed by atoms with E-state index in [9.17, 15) is 14.4 Å². The molecule has 8 heteroatoms. The second kappa shape index (κ2) is 8.89. The summed E-state index contributed by atoms with van der Waals surface area (Å²) in [6.07, 6.45) is 3.28. The number of hydrogen-bond acceptors (Lipinski definition) is 4. The fourth-order valence-corrected chi connectivity index (χ4v) is 3.56. The Morgan fingerprint density at radius 3 is 2.44 bits per heavy atom. The Bertz CT molecular complexity index is 1410. The largest absolute Gasteiger partial charge is 0.478 e. The minimum atomic E-state index is -1.02. The molecule has 2 N–H and O–H groups in total. The zero-order valence-electron chi connectivity index (χ0n) is 17.5. The molecule has 0 amide bonds. The molecule has 0 spiro atoms. The third-order valence-electron chi connectivity index (χ3n) is 5.10. The maximum atomic E-state index is 13.2. The highest BCUT2D eigenvalue weighted by Crippen LogP contribution is 2.20. The molecule has 162 valence electrons. The summed E-state index contributed by atoms with van der Waals surface area (Å²) in [6.45, 7) is 2.58. The van der Waals surface area contributed by atoms with Crippen LogP contribution in [0.15, 0.2) is 70.3 Å². The number of aliphatic carboxylic acids is 1. The van der Waals surface area contributed by atoms with E-state index in [-0.39, 0.29) is 17.8 Å². The van der Waals surface area contributed by atoms with Crippen LogP contribution in [0.1, 0.15) is 24.5 Å². The Kier molecular flexibility index (Phi) is 5.85. The lowest BCUT2D eigenvalue weighted by Gasteiger charge is -2.10. The van der Waals surface area contributed by atoms with Crippen LogP contribution >= 0.6 is 0 Å². The number of aromatic nitrogens is 4. The van der Waals surface area contributed by atoms with Gasteiger partial charge in [-0.25, -0.2) is 14.6 Å². The molecule has 0 fully saturated rings. The molecule has 4 rings (SSSR count). The van der Waals surface area contributed by atoms with Crippen LogP contribution in [0.5, 0.6) is 0 Å². The zero-order valence-corrected chi connectivity index (χ0v) is 17.5. The molecule has 0 saturated heterocycles. The molecule has 0 bridgehead atoms. The normalized spacial score (nSPS) is 11.4. The van der Waals surface area contributed by atoms with E-state index in [1.165, 1.54) is 10.6 Å². The Labute approximate surface area is 183 Å². The van der Waals surface area contributed by atoms with Crippen molar-refractivity contribution in [2.45, 2.75) is 26.4 Å². The van der Waals surface area contributed by atoms with Crippen molar-refractivity contribution in [3.05, 3.63) is 92.6 Å². The monoisotopic (exact) mass is 430 g/mol. The number of benzene rings is 2. The third kappa shape index (κ3) is 4.15. The lowest BCUT2D eigenvalue weighted by atomic mass is 10.1.